The molecule has 0 unspecified atom stereocenters. The monoisotopic (exact) mass is 1910 g/mol. The number of aromatic nitrogens is 18. The van der Waals surface area contributed by atoms with Crippen molar-refractivity contribution in [2.45, 2.75) is 0 Å². The lowest BCUT2D eigenvalue weighted by molar-refractivity contribution is 0.316. The van der Waals surface area contributed by atoms with Gasteiger partial charge in [-0.1, -0.05) is 352 Å². The molecule has 0 aliphatic rings. The standard InChI is InChI=1S/C52H33N7.C40H24N6O.C37H21N5O/c1-6-17-34(18-7-1)42-33-43-46(49-48(42)57-59(58-49)40-25-14-5-15-26-40)45-41(27-16-28-44(45)53-47(43)36-19-8-2-9-20-36)35-29-31-39(32-30-35)52-55-50(37-21-10-3-11-22-37)54-51(56-52)38-23-12-4-13-24-38;1-2-9-27(10-3-1)39-30-19-20-34-40(46-47-45-34)38(30)37-29(11-8-14-33(37)44-39)26-17-15-25(16-18-26)28-23-35(31-12-4-6-21-41-31)43-36(24-28)32-13-5-7-22-42-32;1-3-8-22(9-4-1)28-19-16-24-14-15-25-17-20-29(39-36(25)35(24)38-28)26-12-7-13-30-32(26)33-27(18-21-31-37(33)42-43-41-31)34(40-30)23-10-5-2-6-11-23/h1-33H;1-24H;1-21H. The van der Waals surface area contributed by atoms with E-state index in [4.69, 9.17) is 64.3 Å². The molecule has 0 aliphatic carbocycles. The summed E-state index contributed by atoms with van der Waals surface area (Å²) in [6.45, 7) is 0. The first-order chi connectivity index (χ1) is 73.9. The molecule has 0 bridgehead atoms. The second-order valence-corrected chi connectivity index (χ2v) is 36.3. The van der Waals surface area contributed by atoms with E-state index in [0.29, 0.717) is 34.0 Å². The van der Waals surface area contributed by atoms with E-state index in [1.807, 2.05) is 218 Å². The van der Waals surface area contributed by atoms with Gasteiger partial charge in [0.25, 0.3) is 0 Å². The predicted molar refractivity (Wildman–Crippen MR) is 594 cm³/mol. The van der Waals surface area contributed by atoms with E-state index in [9.17, 15) is 0 Å². The van der Waals surface area contributed by atoms with Crippen molar-refractivity contribution in [3.63, 3.8) is 0 Å². The maximum atomic E-state index is 5.43. The zero-order chi connectivity index (χ0) is 98.6. The van der Waals surface area contributed by atoms with Crippen molar-refractivity contribution in [2.75, 3.05) is 0 Å². The van der Waals surface area contributed by atoms with Crippen LogP contribution in [0.5, 0.6) is 0 Å². The highest BCUT2D eigenvalue weighted by Crippen LogP contribution is 2.48. The summed E-state index contributed by atoms with van der Waals surface area (Å²) in [7, 11) is 0. The van der Waals surface area contributed by atoms with Crippen molar-refractivity contribution >= 4 is 120 Å². The number of benzene rings is 17. The Morgan fingerprint density at radius 3 is 1.00 bits per heavy atom. The van der Waals surface area contributed by atoms with E-state index >= 15 is 0 Å². The van der Waals surface area contributed by atoms with Gasteiger partial charge in [0, 0.05) is 122 Å². The molecule has 29 aromatic rings. The first kappa shape index (κ1) is 87.3. The lowest BCUT2D eigenvalue weighted by atomic mass is 9.90. The van der Waals surface area contributed by atoms with Crippen molar-refractivity contribution in [1.82, 2.24) is 90.4 Å². The molecular formula is C129H78N18O2. The number of para-hydroxylation sites is 1. The Morgan fingerprint density at radius 2 is 0.537 bits per heavy atom. The third-order valence-electron chi connectivity index (χ3n) is 27.3. The predicted octanol–water partition coefficient (Wildman–Crippen LogP) is 30.8. The van der Waals surface area contributed by atoms with Crippen LogP contribution >= 0.6 is 0 Å². The molecule has 0 spiro atoms. The molecule has 17 aromatic carbocycles. The molecule has 696 valence electrons. The van der Waals surface area contributed by atoms with Crippen LogP contribution in [0.3, 0.4) is 0 Å². The molecule has 0 atom stereocenters. The quantitative estimate of drug-likeness (QED) is 0.0865. The van der Waals surface area contributed by atoms with Crippen molar-refractivity contribution in [1.29, 1.82) is 0 Å². The second-order valence-electron chi connectivity index (χ2n) is 36.3. The van der Waals surface area contributed by atoms with Gasteiger partial charge < -0.3 is 0 Å². The maximum absolute atomic E-state index is 5.43. The summed E-state index contributed by atoms with van der Waals surface area (Å²) in [5.41, 5.74) is 33.5. The van der Waals surface area contributed by atoms with Crippen molar-refractivity contribution in [2.24, 2.45) is 0 Å². The first-order valence-corrected chi connectivity index (χ1v) is 49.0. The Bertz CT molecular complexity index is 10100. The molecule has 20 heteroatoms. The molecule has 0 radical (unpaired) electrons. The fourth-order valence-electron chi connectivity index (χ4n) is 20.3. The molecule has 29 rings (SSSR count). The Morgan fingerprint density at radius 1 is 0.174 bits per heavy atom. The van der Waals surface area contributed by atoms with Crippen LogP contribution in [0.15, 0.2) is 483 Å². The number of fused-ring (bicyclic) bond motifs is 18. The normalized spacial score (nSPS) is 11.5. The molecular weight excluding hydrogens is 1830 g/mol. The van der Waals surface area contributed by atoms with Crippen LogP contribution in [-0.2, 0) is 0 Å². The highest BCUT2D eigenvalue weighted by molar-refractivity contribution is 6.28. The third kappa shape index (κ3) is 16.3. The van der Waals surface area contributed by atoms with Crippen molar-refractivity contribution < 1.29 is 9.26 Å². The third-order valence-corrected chi connectivity index (χ3v) is 27.3. The van der Waals surface area contributed by atoms with E-state index in [2.05, 4.69) is 273 Å². The summed E-state index contributed by atoms with van der Waals surface area (Å²) in [6, 6.07) is 156. The van der Waals surface area contributed by atoms with Gasteiger partial charge >= 0.3 is 0 Å². The summed E-state index contributed by atoms with van der Waals surface area (Å²) in [4.78, 5) is 56.8. The number of pyridine rings is 8. The summed E-state index contributed by atoms with van der Waals surface area (Å²) >= 11 is 0. The molecule has 0 fully saturated rings. The highest BCUT2D eigenvalue weighted by atomic mass is 16.6. The van der Waals surface area contributed by atoms with Crippen LogP contribution < -0.4 is 0 Å². The van der Waals surface area contributed by atoms with Crippen LogP contribution in [0.2, 0.25) is 0 Å². The van der Waals surface area contributed by atoms with Gasteiger partial charge in [-0.3, -0.25) is 9.97 Å². The Labute approximate surface area is 850 Å². The average Bonchev–Trinajstić information content (AvgIpc) is 1.75. The zero-order valence-corrected chi connectivity index (χ0v) is 79.4. The van der Waals surface area contributed by atoms with E-state index in [0.717, 1.165) is 249 Å². The summed E-state index contributed by atoms with van der Waals surface area (Å²) < 4.78 is 10.4. The molecule has 149 heavy (non-hydrogen) atoms. The molecule has 0 saturated carbocycles. The lowest BCUT2D eigenvalue weighted by Crippen LogP contribution is -2.00. The van der Waals surface area contributed by atoms with E-state index in [1.165, 1.54) is 0 Å². The molecule has 0 aliphatic heterocycles. The van der Waals surface area contributed by atoms with Crippen LogP contribution in [-0.4, -0.2) is 90.4 Å². The first-order valence-electron chi connectivity index (χ1n) is 49.0. The Kier molecular flexibility index (Phi) is 22.0. The second kappa shape index (κ2) is 37.6. The smallest absolute Gasteiger partial charge is 0.164 e. The average molecular weight is 1910 g/mol. The van der Waals surface area contributed by atoms with E-state index in [-0.39, 0.29) is 0 Å². The molecule has 0 amide bonds. The van der Waals surface area contributed by atoms with Gasteiger partial charge in [0.1, 0.15) is 33.1 Å². The molecule has 20 nitrogen and oxygen atoms in total. The van der Waals surface area contributed by atoms with Gasteiger partial charge in [-0.25, -0.2) is 54.1 Å². The van der Waals surface area contributed by atoms with Crippen LogP contribution in [0, 0.1) is 0 Å². The summed E-state index contributed by atoms with van der Waals surface area (Å²) in [5, 5.41) is 38.5. The van der Waals surface area contributed by atoms with Gasteiger partial charge in [0.05, 0.1) is 84.5 Å². The van der Waals surface area contributed by atoms with Crippen LogP contribution in [0.4, 0.5) is 0 Å². The number of hydrogen-bond acceptors (Lipinski definition) is 19. The van der Waals surface area contributed by atoms with Gasteiger partial charge in [0.15, 0.2) is 17.5 Å². The van der Waals surface area contributed by atoms with Gasteiger partial charge in [-0.15, -0.1) is 10.2 Å². The van der Waals surface area contributed by atoms with E-state index < -0.39 is 0 Å². The van der Waals surface area contributed by atoms with Gasteiger partial charge in [-0.2, -0.15) is 4.80 Å². The van der Waals surface area contributed by atoms with Crippen LogP contribution in [0.1, 0.15) is 0 Å². The van der Waals surface area contributed by atoms with Gasteiger partial charge in [0.2, 0.25) is 0 Å². The summed E-state index contributed by atoms with van der Waals surface area (Å²) in [6.07, 6.45) is 3.57. The number of nitrogens with zero attached hydrogens (tertiary/aromatic N) is 18. The Balaban J connectivity index is 0.000000112. The zero-order valence-electron chi connectivity index (χ0n) is 79.4. The minimum atomic E-state index is 0.606. The van der Waals surface area contributed by atoms with Crippen LogP contribution in [0.25, 0.3) is 283 Å². The minimum absolute atomic E-state index is 0.606. The largest absolute Gasteiger partial charge is 0.255 e. The fraction of sp³-hybridized carbons (Fsp3) is 0. The maximum Gasteiger partial charge on any atom is 0.164 e. The topological polar surface area (TPSA) is 250 Å². The SMILES string of the molecule is c1ccc(-c2ccc3ccc4ccc(-c5cccc6nc(-c7ccccc7)c7ccc8nonc8c7c56)nc4c3n2)cc1.c1ccc(-c2nc(-c3ccccc3)nc(-c3ccc(-c4cccc5nc(-c6ccccc6)c6cc(-c7ccccc7)c7nn(-c8ccccc8)nc7c6c45)cc3)n2)cc1.c1ccc(-c2nc3cccc(-c4ccc(-c5cc(-c6ccccn6)nc(-c6ccccn6)c5)cc4)c3c3c2ccc2nonc23)cc1. The molecule has 0 saturated heterocycles. The number of hydrogen-bond donors (Lipinski definition) is 0. The molecule has 12 aromatic heterocycles. The summed E-state index contributed by atoms with van der Waals surface area (Å²) in [5.74, 6) is 1.86. The highest BCUT2D eigenvalue weighted by Gasteiger charge is 2.28. The fourth-order valence-corrected chi connectivity index (χ4v) is 20.3. The number of rotatable bonds is 15. The molecule has 12 heterocycles. The molecule has 0 N–H and O–H groups in total. The van der Waals surface area contributed by atoms with Crippen molar-refractivity contribution in [3.05, 3.63) is 473 Å². The lowest BCUT2D eigenvalue weighted by Gasteiger charge is -2.16. The minimum Gasteiger partial charge on any atom is -0.255 e. The van der Waals surface area contributed by atoms with Gasteiger partial charge in [-0.05, 0) is 169 Å². The van der Waals surface area contributed by atoms with Crippen molar-refractivity contribution in [3.8, 4) is 163 Å². The van der Waals surface area contributed by atoms with E-state index in [1.54, 1.807) is 17.2 Å². The Hall–Kier alpha value is -20.8.